The Bertz CT molecular complexity index is 567. The Morgan fingerprint density at radius 2 is 2.00 bits per heavy atom. The molecule has 2 aromatic heterocycles. The quantitative estimate of drug-likeness (QED) is 0.810. The second kappa shape index (κ2) is 4.47. The van der Waals surface area contributed by atoms with E-state index in [0.717, 1.165) is 37.6 Å². The Hall–Kier alpha value is -1.66. The van der Waals surface area contributed by atoms with E-state index >= 15 is 0 Å². The van der Waals surface area contributed by atoms with E-state index in [1.165, 1.54) is 13.1 Å². The third-order valence-electron chi connectivity index (χ3n) is 4.10. The van der Waals surface area contributed by atoms with Gasteiger partial charge in [-0.15, -0.1) is 0 Å². The number of piperazine rings is 1. The molecule has 4 rings (SSSR count). The summed E-state index contributed by atoms with van der Waals surface area (Å²) in [6.45, 7) is 6.78. The first-order chi connectivity index (χ1) is 9.40. The zero-order chi connectivity index (χ0) is 12.7. The van der Waals surface area contributed by atoms with Gasteiger partial charge in [-0.2, -0.15) is 5.10 Å². The summed E-state index contributed by atoms with van der Waals surface area (Å²) in [7, 11) is 0. The Morgan fingerprint density at radius 1 is 1.16 bits per heavy atom. The zero-order valence-corrected chi connectivity index (χ0v) is 10.9. The molecule has 6 heteroatoms. The fourth-order valence-electron chi connectivity index (χ4n) is 2.90. The van der Waals surface area contributed by atoms with E-state index in [0.29, 0.717) is 6.04 Å². The molecule has 2 saturated heterocycles. The highest BCUT2D eigenvalue weighted by Crippen LogP contribution is 2.22. The van der Waals surface area contributed by atoms with Gasteiger partial charge < -0.3 is 10.2 Å². The van der Waals surface area contributed by atoms with Crippen molar-refractivity contribution in [2.75, 3.05) is 44.2 Å². The smallest absolute Gasteiger partial charge is 0.157 e. The van der Waals surface area contributed by atoms with Crippen LogP contribution in [0.4, 0.5) is 5.82 Å². The first-order valence-corrected chi connectivity index (χ1v) is 6.90. The van der Waals surface area contributed by atoms with Gasteiger partial charge in [-0.3, -0.25) is 4.90 Å². The van der Waals surface area contributed by atoms with Crippen LogP contribution >= 0.6 is 0 Å². The number of hydrogen-bond acceptors (Lipinski definition) is 5. The molecular weight excluding hydrogens is 240 g/mol. The summed E-state index contributed by atoms with van der Waals surface area (Å²) in [5.74, 6) is 1.07. The summed E-state index contributed by atoms with van der Waals surface area (Å²) in [6.07, 6.45) is 3.77. The number of rotatable bonds is 2. The largest absolute Gasteiger partial charge is 0.353 e. The number of nitrogens with one attached hydrogen (secondary N) is 1. The maximum Gasteiger partial charge on any atom is 0.157 e. The standard InChI is InChI=1S/C13H18N6/c1-3-15-19-6-2-12(16-13(1)19)18-9-11(10-18)17-7-4-14-5-8-17/h1-3,6,11,14H,4-5,7-10H2. The molecule has 2 fully saturated rings. The van der Waals surface area contributed by atoms with Gasteiger partial charge in [0.1, 0.15) is 5.82 Å². The summed E-state index contributed by atoms with van der Waals surface area (Å²) in [4.78, 5) is 9.57. The third-order valence-corrected chi connectivity index (χ3v) is 4.10. The average molecular weight is 258 g/mol. The molecule has 0 radical (unpaired) electrons. The van der Waals surface area contributed by atoms with Crippen LogP contribution in [0.2, 0.25) is 0 Å². The predicted molar refractivity (Wildman–Crippen MR) is 73.4 cm³/mol. The molecule has 0 saturated carbocycles. The number of nitrogens with zero attached hydrogens (tertiary/aromatic N) is 5. The lowest BCUT2D eigenvalue weighted by molar-refractivity contribution is 0.147. The molecule has 0 bridgehead atoms. The van der Waals surface area contributed by atoms with E-state index in [1.54, 1.807) is 10.7 Å². The number of anilines is 1. The van der Waals surface area contributed by atoms with Crippen LogP contribution in [-0.2, 0) is 0 Å². The van der Waals surface area contributed by atoms with Crippen molar-refractivity contribution < 1.29 is 0 Å². The SMILES string of the molecule is c1cc2nc(N3CC(N4CCNCC4)C3)ccn2n1. The van der Waals surface area contributed by atoms with Crippen molar-refractivity contribution >= 4 is 11.5 Å². The molecule has 0 amide bonds. The van der Waals surface area contributed by atoms with Crippen LogP contribution in [0.15, 0.2) is 24.5 Å². The fraction of sp³-hybridized carbons (Fsp3) is 0.538. The highest BCUT2D eigenvalue weighted by Gasteiger charge is 2.33. The molecule has 6 nitrogen and oxygen atoms in total. The number of hydrogen-bond donors (Lipinski definition) is 1. The van der Waals surface area contributed by atoms with Crippen LogP contribution in [0, 0.1) is 0 Å². The van der Waals surface area contributed by atoms with Gasteiger partial charge in [-0.1, -0.05) is 0 Å². The lowest BCUT2D eigenvalue weighted by Crippen LogP contribution is -2.63. The van der Waals surface area contributed by atoms with E-state index in [4.69, 9.17) is 0 Å². The van der Waals surface area contributed by atoms with E-state index in [9.17, 15) is 0 Å². The molecule has 1 N–H and O–H groups in total. The van der Waals surface area contributed by atoms with Crippen molar-refractivity contribution in [3.63, 3.8) is 0 Å². The first-order valence-electron chi connectivity index (χ1n) is 6.90. The minimum atomic E-state index is 0.699. The van der Waals surface area contributed by atoms with Gasteiger partial charge in [0.15, 0.2) is 5.65 Å². The molecule has 0 spiro atoms. The normalized spacial score (nSPS) is 21.8. The lowest BCUT2D eigenvalue weighted by Gasteiger charge is -2.47. The second-order valence-electron chi connectivity index (χ2n) is 5.26. The van der Waals surface area contributed by atoms with Gasteiger partial charge in [0, 0.05) is 57.6 Å². The molecular formula is C13H18N6. The minimum Gasteiger partial charge on any atom is -0.353 e. The zero-order valence-electron chi connectivity index (χ0n) is 10.9. The Balaban J connectivity index is 1.44. The summed E-state index contributed by atoms with van der Waals surface area (Å²) >= 11 is 0. The van der Waals surface area contributed by atoms with E-state index in [-0.39, 0.29) is 0 Å². The molecule has 2 aromatic rings. The van der Waals surface area contributed by atoms with Crippen LogP contribution in [0.3, 0.4) is 0 Å². The Kier molecular flexibility index (Phi) is 2.63. The summed E-state index contributed by atoms with van der Waals surface area (Å²) in [5, 5.41) is 7.57. The van der Waals surface area contributed by atoms with Gasteiger partial charge in [-0.25, -0.2) is 9.50 Å². The van der Waals surface area contributed by atoms with E-state index < -0.39 is 0 Å². The lowest BCUT2D eigenvalue weighted by atomic mass is 10.1. The van der Waals surface area contributed by atoms with E-state index in [2.05, 4.69) is 25.2 Å². The molecule has 2 aliphatic rings. The van der Waals surface area contributed by atoms with Crippen LogP contribution < -0.4 is 10.2 Å². The Morgan fingerprint density at radius 3 is 2.84 bits per heavy atom. The first kappa shape index (κ1) is 11.2. The van der Waals surface area contributed by atoms with Crippen LogP contribution in [0.25, 0.3) is 5.65 Å². The fourth-order valence-corrected chi connectivity index (χ4v) is 2.90. The van der Waals surface area contributed by atoms with Crippen molar-refractivity contribution in [1.82, 2.24) is 24.8 Å². The average Bonchev–Trinajstić information content (AvgIpc) is 2.86. The Labute approximate surface area is 112 Å². The molecule has 0 unspecified atom stereocenters. The summed E-state index contributed by atoms with van der Waals surface area (Å²) < 4.78 is 1.80. The summed E-state index contributed by atoms with van der Waals surface area (Å²) in [5.41, 5.74) is 0.920. The third kappa shape index (κ3) is 1.97. The van der Waals surface area contributed by atoms with Gasteiger partial charge in [-0.05, 0) is 6.07 Å². The van der Waals surface area contributed by atoms with Crippen molar-refractivity contribution in [2.45, 2.75) is 6.04 Å². The van der Waals surface area contributed by atoms with Gasteiger partial charge >= 0.3 is 0 Å². The maximum atomic E-state index is 4.63. The molecule has 0 aromatic carbocycles. The molecule has 0 aliphatic carbocycles. The summed E-state index contributed by atoms with van der Waals surface area (Å²) in [6, 6.07) is 4.69. The molecule has 4 heterocycles. The second-order valence-corrected chi connectivity index (χ2v) is 5.26. The topological polar surface area (TPSA) is 48.7 Å². The molecule has 100 valence electrons. The van der Waals surface area contributed by atoms with Gasteiger partial charge in [0.25, 0.3) is 0 Å². The minimum absolute atomic E-state index is 0.699. The van der Waals surface area contributed by atoms with Crippen LogP contribution in [0.1, 0.15) is 0 Å². The van der Waals surface area contributed by atoms with Crippen molar-refractivity contribution in [3.8, 4) is 0 Å². The molecule has 2 aliphatic heterocycles. The maximum absolute atomic E-state index is 4.63. The van der Waals surface area contributed by atoms with Crippen molar-refractivity contribution in [1.29, 1.82) is 0 Å². The number of fused-ring (bicyclic) bond motifs is 1. The van der Waals surface area contributed by atoms with E-state index in [1.807, 2.05) is 18.3 Å². The highest BCUT2D eigenvalue weighted by atomic mass is 15.4. The van der Waals surface area contributed by atoms with Crippen LogP contribution in [-0.4, -0.2) is 64.8 Å². The molecule has 0 atom stereocenters. The molecule has 19 heavy (non-hydrogen) atoms. The highest BCUT2D eigenvalue weighted by molar-refractivity contribution is 5.49. The van der Waals surface area contributed by atoms with Crippen molar-refractivity contribution in [2.24, 2.45) is 0 Å². The van der Waals surface area contributed by atoms with Crippen molar-refractivity contribution in [3.05, 3.63) is 24.5 Å². The van der Waals surface area contributed by atoms with Gasteiger partial charge in [0.2, 0.25) is 0 Å². The predicted octanol–water partition coefficient (Wildman–Crippen LogP) is -0.177. The van der Waals surface area contributed by atoms with Crippen LogP contribution in [0.5, 0.6) is 0 Å². The van der Waals surface area contributed by atoms with Gasteiger partial charge in [0.05, 0.1) is 6.20 Å². The monoisotopic (exact) mass is 258 g/mol. The number of aromatic nitrogens is 3.